The van der Waals surface area contributed by atoms with Gasteiger partial charge in [-0.15, -0.1) is 0 Å². The smallest absolute Gasteiger partial charge is 0.310 e. The summed E-state index contributed by atoms with van der Waals surface area (Å²) in [6.45, 7) is 3.72. The molecule has 1 saturated carbocycles. The van der Waals surface area contributed by atoms with Gasteiger partial charge in [-0.1, -0.05) is 18.2 Å². The molecule has 1 fully saturated rings. The quantitative estimate of drug-likeness (QED) is 0.926. The first-order valence-corrected chi connectivity index (χ1v) is 7.66. The van der Waals surface area contributed by atoms with Crippen molar-refractivity contribution in [2.75, 3.05) is 5.32 Å². The second kappa shape index (κ2) is 5.65. The van der Waals surface area contributed by atoms with Gasteiger partial charge < -0.3 is 5.32 Å². The molecule has 0 saturated heterocycles. The van der Waals surface area contributed by atoms with Crippen LogP contribution in [0.5, 0.6) is 0 Å². The van der Waals surface area contributed by atoms with Crippen LogP contribution >= 0.6 is 0 Å². The second-order valence-corrected chi connectivity index (χ2v) is 6.24. The zero-order valence-electron chi connectivity index (χ0n) is 13.6. The molecule has 1 amide bonds. The van der Waals surface area contributed by atoms with Crippen LogP contribution in [0.3, 0.4) is 0 Å². The number of hydrogen-bond donors (Lipinski definition) is 1. The molecule has 1 heterocycles. The van der Waals surface area contributed by atoms with Gasteiger partial charge in [0.15, 0.2) is 0 Å². The molecule has 128 valence electrons. The Labute approximate surface area is 137 Å². The number of nitrogens with one attached hydrogen (secondary N) is 1. The number of benzene rings is 1. The van der Waals surface area contributed by atoms with Crippen molar-refractivity contribution in [3.8, 4) is 0 Å². The van der Waals surface area contributed by atoms with Gasteiger partial charge in [0.05, 0.1) is 11.3 Å². The lowest BCUT2D eigenvalue weighted by Gasteiger charge is -2.09. The number of halogens is 3. The Morgan fingerprint density at radius 2 is 2.04 bits per heavy atom. The van der Waals surface area contributed by atoms with E-state index in [1.165, 1.54) is 6.07 Å². The van der Waals surface area contributed by atoms with E-state index in [9.17, 15) is 18.0 Å². The molecule has 0 spiro atoms. The van der Waals surface area contributed by atoms with Crippen LogP contribution in [0, 0.1) is 19.8 Å². The highest BCUT2D eigenvalue weighted by Gasteiger charge is 2.45. The lowest BCUT2D eigenvalue weighted by Crippen LogP contribution is -2.17. The molecule has 7 heteroatoms. The molecule has 1 aliphatic carbocycles. The topological polar surface area (TPSA) is 46.9 Å². The number of hydrogen-bond acceptors (Lipinski definition) is 2. The highest BCUT2D eigenvalue weighted by Crippen LogP contribution is 2.49. The SMILES string of the molecule is Cc1nn(C)c(NC(=O)[C@H]2C[C@H]2c2cccc(C(F)(F)F)c2)c1C. The molecule has 1 aliphatic rings. The van der Waals surface area contributed by atoms with Crippen molar-refractivity contribution in [3.05, 3.63) is 46.6 Å². The number of carbonyl (C=O) groups excluding carboxylic acids is 1. The Bertz CT molecular complexity index is 795. The molecule has 1 aromatic carbocycles. The second-order valence-electron chi connectivity index (χ2n) is 6.24. The lowest BCUT2D eigenvalue weighted by molar-refractivity contribution is -0.137. The maximum absolute atomic E-state index is 12.8. The highest BCUT2D eigenvalue weighted by atomic mass is 19.4. The van der Waals surface area contributed by atoms with Crippen LogP contribution in [0.1, 0.15) is 34.7 Å². The summed E-state index contributed by atoms with van der Waals surface area (Å²) in [5, 5.41) is 7.08. The van der Waals surface area contributed by atoms with E-state index in [1.54, 1.807) is 17.8 Å². The molecule has 3 rings (SSSR count). The normalized spacial score (nSPS) is 20.1. The van der Waals surface area contributed by atoms with E-state index >= 15 is 0 Å². The average molecular weight is 337 g/mol. The van der Waals surface area contributed by atoms with Crippen molar-refractivity contribution in [2.45, 2.75) is 32.4 Å². The van der Waals surface area contributed by atoms with Crippen LogP contribution in [0.2, 0.25) is 0 Å². The monoisotopic (exact) mass is 337 g/mol. The minimum absolute atomic E-state index is 0.165. The Hall–Kier alpha value is -2.31. The minimum Gasteiger partial charge on any atom is -0.310 e. The maximum Gasteiger partial charge on any atom is 0.416 e. The molecule has 0 aliphatic heterocycles. The first-order chi connectivity index (χ1) is 11.2. The van der Waals surface area contributed by atoms with Crippen LogP contribution in [0.4, 0.5) is 19.0 Å². The zero-order chi connectivity index (χ0) is 17.6. The number of alkyl halides is 3. The number of aryl methyl sites for hydroxylation is 2. The summed E-state index contributed by atoms with van der Waals surface area (Å²) in [7, 11) is 1.74. The summed E-state index contributed by atoms with van der Waals surface area (Å²) in [6, 6.07) is 5.22. The van der Waals surface area contributed by atoms with Gasteiger partial charge in [0.1, 0.15) is 5.82 Å². The zero-order valence-corrected chi connectivity index (χ0v) is 13.6. The Kier molecular flexibility index (Phi) is 3.89. The number of aromatic nitrogens is 2. The van der Waals surface area contributed by atoms with Gasteiger partial charge in [-0.25, -0.2) is 0 Å². The van der Waals surface area contributed by atoms with Gasteiger partial charge in [0.25, 0.3) is 0 Å². The standard InChI is InChI=1S/C17H18F3N3O/c1-9-10(2)22-23(3)15(9)21-16(24)14-8-13(14)11-5-4-6-12(7-11)17(18,19)20/h4-7,13-14H,8H2,1-3H3,(H,21,24)/t13-,14-/m0/s1. The van der Waals surface area contributed by atoms with Gasteiger partial charge in [-0.05, 0) is 37.8 Å². The fourth-order valence-electron chi connectivity index (χ4n) is 2.95. The number of anilines is 1. The van der Waals surface area contributed by atoms with E-state index in [4.69, 9.17) is 0 Å². The largest absolute Gasteiger partial charge is 0.416 e. The molecule has 4 nitrogen and oxygen atoms in total. The van der Waals surface area contributed by atoms with Gasteiger partial charge in [0, 0.05) is 18.5 Å². The molecule has 24 heavy (non-hydrogen) atoms. The van der Waals surface area contributed by atoms with Crippen molar-refractivity contribution in [1.82, 2.24) is 9.78 Å². The Balaban J connectivity index is 1.72. The first-order valence-electron chi connectivity index (χ1n) is 7.66. The number of nitrogens with zero attached hydrogens (tertiary/aromatic N) is 2. The van der Waals surface area contributed by atoms with Crippen molar-refractivity contribution >= 4 is 11.7 Å². The van der Waals surface area contributed by atoms with Crippen molar-refractivity contribution < 1.29 is 18.0 Å². The predicted molar refractivity (Wildman–Crippen MR) is 83.6 cm³/mol. The van der Waals surface area contributed by atoms with Crippen LogP contribution in [-0.2, 0) is 18.0 Å². The van der Waals surface area contributed by atoms with Gasteiger partial charge in [-0.2, -0.15) is 18.3 Å². The van der Waals surface area contributed by atoms with E-state index in [0.717, 1.165) is 23.4 Å². The van der Waals surface area contributed by atoms with Crippen LogP contribution in [0.15, 0.2) is 24.3 Å². The van der Waals surface area contributed by atoms with E-state index in [2.05, 4.69) is 10.4 Å². The predicted octanol–water partition coefficient (Wildman–Crippen LogP) is 3.80. The molecule has 2 atom stereocenters. The fourth-order valence-corrected chi connectivity index (χ4v) is 2.95. The minimum atomic E-state index is -4.37. The fraction of sp³-hybridized carbons (Fsp3) is 0.412. The summed E-state index contributed by atoms with van der Waals surface area (Å²) in [4.78, 5) is 12.4. The third-order valence-electron chi connectivity index (χ3n) is 4.53. The summed E-state index contributed by atoms with van der Waals surface area (Å²) in [6.07, 6.45) is -3.81. The summed E-state index contributed by atoms with van der Waals surface area (Å²) in [5.74, 6) is -0.0132. The first kappa shape index (κ1) is 16.5. The molecule has 2 aromatic rings. The number of rotatable bonds is 3. The van der Waals surface area contributed by atoms with E-state index < -0.39 is 11.7 Å². The number of carbonyl (C=O) groups is 1. The summed E-state index contributed by atoms with van der Waals surface area (Å²) in [5.41, 5.74) is 1.60. The third kappa shape index (κ3) is 3.02. The average Bonchev–Trinajstić information content (AvgIpc) is 3.27. The molecule has 1 N–H and O–H groups in total. The van der Waals surface area contributed by atoms with E-state index in [1.807, 2.05) is 13.8 Å². The third-order valence-corrected chi connectivity index (χ3v) is 4.53. The van der Waals surface area contributed by atoms with Crippen LogP contribution in [-0.4, -0.2) is 15.7 Å². The van der Waals surface area contributed by atoms with Gasteiger partial charge >= 0.3 is 6.18 Å². The van der Waals surface area contributed by atoms with E-state index in [-0.39, 0.29) is 17.7 Å². The molecule has 0 unspecified atom stereocenters. The van der Waals surface area contributed by atoms with Crippen molar-refractivity contribution in [2.24, 2.45) is 13.0 Å². The molecular formula is C17H18F3N3O. The molecular weight excluding hydrogens is 319 g/mol. The van der Waals surface area contributed by atoms with E-state index in [0.29, 0.717) is 17.8 Å². The number of amides is 1. The van der Waals surface area contributed by atoms with Crippen molar-refractivity contribution in [3.63, 3.8) is 0 Å². The summed E-state index contributed by atoms with van der Waals surface area (Å²) >= 11 is 0. The summed E-state index contributed by atoms with van der Waals surface area (Å²) < 4.78 is 40.0. The van der Waals surface area contributed by atoms with Gasteiger partial charge in [-0.3, -0.25) is 9.48 Å². The maximum atomic E-state index is 12.8. The molecule has 0 bridgehead atoms. The van der Waals surface area contributed by atoms with Gasteiger partial charge in [0.2, 0.25) is 5.91 Å². The highest BCUT2D eigenvalue weighted by molar-refractivity contribution is 5.95. The van der Waals surface area contributed by atoms with Crippen molar-refractivity contribution in [1.29, 1.82) is 0 Å². The van der Waals surface area contributed by atoms with Crippen LogP contribution in [0.25, 0.3) is 0 Å². The Morgan fingerprint density at radius 1 is 1.33 bits per heavy atom. The van der Waals surface area contributed by atoms with Crippen LogP contribution < -0.4 is 5.32 Å². The lowest BCUT2D eigenvalue weighted by atomic mass is 10.1. The Morgan fingerprint density at radius 3 is 2.62 bits per heavy atom. The molecule has 1 aromatic heterocycles. The molecule has 0 radical (unpaired) electrons.